The van der Waals surface area contributed by atoms with Crippen molar-refractivity contribution in [1.82, 2.24) is 0 Å². The van der Waals surface area contributed by atoms with Crippen LogP contribution in [0.5, 0.6) is 0 Å². The number of ether oxygens (including phenoxy) is 1. The largest absolute Gasteiger partial charge is 0.465 e. The molecule has 106 valence electrons. The van der Waals surface area contributed by atoms with Gasteiger partial charge in [-0.15, -0.1) is 0 Å². The second-order valence-electron chi connectivity index (χ2n) is 4.75. The van der Waals surface area contributed by atoms with Gasteiger partial charge < -0.3 is 4.74 Å². The maximum Gasteiger partial charge on any atom is 0.339 e. The van der Waals surface area contributed by atoms with E-state index in [1.165, 1.54) is 19.2 Å². The molecule has 0 unspecified atom stereocenters. The van der Waals surface area contributed by atoms with Crippen molar-refractivity contribution in [1.29, 1.82) is 5.26 Å². The van der Waals surface area contributed by atoms with E-state index in [9.17, 15) is 14.4 Å². The van der Waals surface area contributed by atoms with Crippen molar-refractivity contribution in [3.8, 4) is 6.07 Å². The number of benzene rings is 2. The van der Waals surface area contributed by atoms with Gasteiger partial charge in [-0.1, -0.05) is 24.3 Å². The first-order valence-electron chi connectivity index (χ1n) is 6.43. The Morgan fingerprint density at radius 1 is 1.00 bits per heavy atom. The molecule has 2 aromatic carbocycles. The second-order valence-corrected chi connectivity index (χ2v) is 4.75. The zero-order valence-electron chi connectivity index (χ0n) is 11.5. The lowest BCUT2D eigenvalue weighted by Crippen LogP contribution is -2.22. The van der Waals surface area contributed by atoms with Crippen molar-refractivity contribution in [2.45, 2.75) is 0 Å². The van der Waals surface area contributed by atoms with Crippen LogP contribution in [0.4, 0.5) is 0 Å². The number of hydrogen-bond acceptors (Lipinski definition) is 5. The smallest absolute Gasteiger partial charge is 0.339 e. The number of methoxy groups -OCH3 is 1. The van der Waals surface area contributed by atoms with Crippen molar-refractivity contribution in [3.63, 3.8) is 0 Å². The zero-order chi connectivity index (χ0) is 15.9. The molecule has 22 heavy (non-hydrogen) atoms. The molecule has 0 fully saturated rings. The third-order valence-electron chi connectivity index (χ3n) is 3.59. The quantitative estimate of drug-likeness (QED) is 0.641. The van der Waals surface area contributed by atoms with Gasteiger partial charge >= 0.3 is 5.97 Å². The predicted molar refractivity (Wildman–Crippen MR) is 75.8 cm³/mol. The van der Waals surface area contributed by atoms with E-state index in [1.54, 1.807) is 24.3 Å². The van der Waals surface area contributed by atoms with Gasteiger partial charge in [-0.3, -0.25) is 9.59 Å². The summed E-state index contributed by atoms with van der Waals surface area (Å²) < 4.78 is 4.62. The number of esters is 1. The van der Waals surface area contributed by atoms with Crippen LogP contribution in [0.15, 0.2) is 36.4 Å². The van der Waals surface area contributed by atoms with Crippen molar-refractivity contribution in [2.24, 2.45) is 0 Å². The third kappa shape index (κ3) is 1.82. The van der Waals surface area contributed by atoms with Crippen LogP contribution in [0.3, 0.4) is 0 Å². The molecule has 0 heterocycles. The fourth-order valence-electron chi connectivity index (χ4n) is 2.52. The minimum absolute atomic E-state index is 0.00568. The summed E-state index contributed by atoms with van der Waals surface area (Å²) in [6, 6.07) is 10.9. The minimum Gasteiger partial charge on any atom is -0.465 e. The summed E-state index contributed by atoms with van der Waals surface area (Å²) in [5.74, 6) is -1.41. The van der Waals surface area contributed by atoms with Gasteiger partial charge in [0.1, 0.15) is 6.07 Å². The number of rotatable bonds is 1. The van der Waals surface area contributed by atoms with Gasteiger partial charge in [0.25, 0.3) is 0 Å². The summed E-state index contributed by atoms with van der Waals surface area (Å²) in [6.45, 7) is 0. The summed E-state index contributed by atoms with van der Waals surface area (Å²) in [7, 11) is 1.19. The Kier molecular flexibility index (Phi) is 3.08. The third-order valence-corrected chi connectivity index (χ3v) is 3.59. The fraction of sp³-hybridized carbons (Fsp3) is 0.0588. The summed E-state index contributed by atoms with van der Waals surface area (Å²) in [5.41, 5.74) is 0.821. The van der Waals surface area contributed by atoms with Crippen LogP contribution in [0.1, 0.15) is 47.8 Å². The lowest BCUT2D eigenvalue weighted by atomic mass is 9.82. The predicted octanol–water partition coefficient (Wildman–Crippen LogP) is 2.12. The van der Waals surface area contributed by atoms with E-state index >= 15 is 0 Å². The van der Waals surface area contributed by atoms with E-state index in [2.05, 4.69) is 4.74 Å². The number of nitrogens with zero attached hydrogens (tertiary/aromatic N) is 1. The Morgan fingerprint density at radius 3 is 2.05 bits per heavy atom. The van der Waals surface area contributed by atoms with Gasteiger partial charge in [0.15, 0.2) is 11.6 Å². The van der Waals surface area contributed by atoms with E-state index in [4.69, 9.17) is 5.26 Å². The van der Waals surface area contributed by atoms with Gasteiger partial charge in [-0.2, -0.15) is 5.26 Å². The molecule has 1 aliphatic carbocycles. The van der Waals surface area contributed by atoms with Crippen molar-refractivity contribution in [2.75, 3.05) is 7.11 Å². The van der Waals surface area contributed by atoms with Crippen molar-refractivity contribution < 1.29 is 19.1 Å². The lowest BCUT2D eigenvalue weighted by Gasteiger charge is -2.18. The molecular formula is C17H9NO4. The van der Waals surface area contributed by atoms with E-state index in [-0.39, 0.29) is 33.8 Å². The van der Waals surface area contributed by atoms with Crippen LogP contribution < -0.4 is 0 Å². The molecule has 0 spiro atoms. The first-order chi connectivity index (χ1) is 10.6. The summed E-state index contributed by atoms with van der Waals surface area (Å²) in [4.78, 5) is 36.8. The highest BCUT2D eigenvalue weighted by molar-refractivity contribution is 6.28. The van der Waals surface area contributed by atoms with Crippen LogP contribution in [-0.2, 0) is 4.74 Å². The minimum atomic E-state index is -0.724. The first kappa shape index (κ1) is 13.7. The Bertz CT molecular complexity index is 890. The summed E-state index contributed by atoms with van der Waals surface area (Å²) in [5, 5.41) is 9.16. The molecule has 0 aliphatic heterocycles. The average molecular weight is 291 g/mol. The van der Waals surface area contributed by atoms with Gasteiger partial charge in [0.2, 0.25) is 0 Å². The van der Waals surface area contributed by atoms with Crippen molar-refractivity contribution >= 4 is 17.5 Å². The number of hydrogen-bond donors (Lipinski definition) is 0. The number of nitriles is 1. The molecule has 0 saturated carbocycles. The molecule has 0 saturated heterocycles. The molecule has 0 amide bonds. The highest BCUT2D eigenvalue weighted by Gasteiger charge is 2.31. The maximum atomic E-state index is 12.5. The molecule has 5 heteroatoms. The molecule has 2 aromatic rings. The van der Waals surface area contributed by atoms with E-state index in [0.717, 1.165) is 0 Å². The number of carbonyl (C=O) groups excluding carboxylic acids is 3. The molecule has 0 aromatic heterocycles. The van der Waals surface area contributed by atoms with Crippen LogP contribution in [0, 0.1) is 11.3 Å². The van der Waals surface area contributed by atoms with Crippen molar-refractivity contribution in [3.05, 3.63) is 69.8 Å². The summed E-state index contributed by atoms with van der Waals surface area (Å²) in [6.07, 6.45) is 0. The molecule has 0 bridgehead atoms. The Balaban J connectivity index is 2.30. The second kappa shape index (κ2) is 4.93. The Hall–Kier alpha value is -3.26. The monoisotopic (exact) mass is 291 g/mol. The number of ketones is 2. The molecule has 0 N–H and O–H groups in total. The molecule has 5 nitrogen and oxygen atoms in total. The normalized spacial score (nSPS) is 12.2. The topological polar surface area (TPSA) is 84.2 Å². The molecule has 1 aliphatic rings. The first-order valence-corrected chi connectivity index (χ1v) is 6.43. The molecule has 0 radical (unpaired) electrons. The van der Waals surface area contributed by atoms with Gasteiger partial charge in [0.05, 0.1) is 18.2 Å². The number of fused-ring (bicyclic) bond motifs is 2. The van der Waals surface area contributed by atoms with Crippen LogP contribution in [0.25, 0.3) is 0 Å². The number of carbonyl (C=O) groups is 3. The van der Waals surface area contributed by atoms with Crippen LogP contribution in [-0.4, -0.2) is 24.6 Å². The highest BCUT2D eigenvalue weighted by atomic mass is 16.5. The lowest BCUT2D eigenvalue weighted by molar-refractivity contribution is 0.0600. The zero-order valence-corrected chi connectivity index (χ0v) is 11.5. The van der Waals surface area contributed by atoms with Crippen LogP contribution in [0.2, 0.25) is 0 Å². The van der Waals surface area contributed by atoms with Crippen LogP contribution >= 0.6 is 0 Å². The SMILES string of the molecule is COC(=O)c1cc2c(cc1C#N)C(=O)c1ccccc1C2=O. The van der Waals surface area contributed by atoms with Gasteiger partial charge in [-0.25, -0.2) is 4.79 Å². The molecule has 3 rings (SSSR count). The standard InChI is InChI=1S/C17H9NO4/c1-22-17(21)12-7-14-13(6-9(12)8-18)15(19)10-4-2-3-5-11(10)16(14)20/h2-7H,1H3. The summed E-state index contributed by atoms with van der Waals surface area (Å²) >= 11 is 0. The van der Waals surface area contributed by atoms with E-state index in [0.29, 0.717) is 11.1 Å². The highest BCUT2D eigenvalue weighted by Crippen LogP contribution is 2.29. The maximum absolute atomic E-state index is 12.5. The molecule has 0 atom stereocenters. The van der Waals surface area contributed by atoms with Gasteiger partial charge in [0, 0.05) is 22.3 Å². The average Bonchev–Trinajstić information content (AvgIpc) is 2.57. The van der Waals surface area contributed by atoms with E-state index < -0.39 is 5.97 Å². The van der Waals surface area contributed by atoms with E-state index in [1.807, 2.05) is 6.07 Å². The Labute approximate surface area is 125 Å². The fourth-order valence-corrected chi connectivity index (χ4v) is 2.52. The van der Waals surface area contributed by atoms with Gasteiger partial charge in [-0.05, 0) is 12.1 Å². The Morgan fingerprint density at radius 2 is 1.55 bits per heavy atom. The molecular weight excluding hydrogens is 282 g/mol.